The van der Waals surface area contributed by atoms with E-state index in [1.165, 1.54) is 30.0 Å². The van der Waals surface area contributed by atoms with Gasteiger partial charge in [0.25, 0.3) is 0 Å². The molecule has 0 aromatic heterocycles. The van der Waals surface area contributed by atoms with Crippen molar-refractivity contribution in [1.82, 2.24) is 9.62 Å². The van der Waals surface area contributed by atoms with Crippen molar-refractivity contribution in [1.29, 1.82) is 0 Å². The van der Waals surface area contributed by atoms with E-state index in [2.05, 4.69) is 5.32 Å². The summed E-state index contributed by atoms with van der Waals surface area (Å²) in [5.74, 6) is 0.869. The van der Waals surface area contributed by atoms with Crippen LogP contribution in [0.1, 0.15) is 25.7 Å². The standard InChI is InChI=1S/C10H20N2O2S/c1-12(8-9-2-3-9)15(13,14)7-6-11-10-4-5-10/h9-11H,2-8H2,1H3. The van der Waals surface area contributed by atoms with Gasteiger partial charge in [-0.3, -0.25) is 0 Å². The maximum absolute atomic E-state index is 11.8. The average Bonchev–Trinajstić information content (AvgIpc) is 2.96. The highest BCUT2D eigenvalue weighted by molar-refractivity contribution is 7.89. The second-order valence-corrected chi connectivity index (χ2v) is 6.96. The summed E-state index contributed by atoms with van der Waals surface area (Å²) in [5, 5.41) is 3.23. The van der Waals surface area contributed by atoms with Gasteiger partial charge in [0.1, 0.15) is 0 Å². The Hall–Kier alpha value is -0.130. The molecule has 0 heterocycles. The van der Waals surface area contributed by atoms with E-state index in [1.54, 1.807) is 7.05 Å². The van der Waals surface area contributed by atoms with Crippen LogP contribution in [0.15, 0.2) is 0 Å². The van der Waals surface area contributed by atoms with Gasteiger partial charge in [0.2, 0.25) is 10.0 Å². The number of hydrogen-bond donors (Lipinski definition) is 1. The van der Waals surface area contributed by atoms with Crippen molar-refractivity contribution in [2.24, 2.45) is 5.92 Å². The molecular formula is C10H20N2O2S. The summed E-state index contributed by atoms with van der Waals surface area (Å²) < 4.78 is 25.1. The first kappa shape index (κ1) is 11.4. The molecular weight excluding hydrogens is 212 g/mol. The molecule has 0 atom stereocenters. The molecule has 0 spiro atoms. The lowest BCUT2D eigenvalue weighted by atomic mass is 10.4. The zero-order valence-corrected chi connectivity index (χ0v) is 10.1. The fourth-order valence-corrected chi connectivity index (χ4v) is 2.74. The zero-order valence-electron chi connectivity index (χ0n) is 9.28. The second kappa shape index (κ2) is 4.39. The van der Waals surface area contributed by atoms with Gasteiger partial charge in [-0.05, 0) is 31.6 Å². The Kier molecular flexibility index (Phi) is 3.33. The van der Waals surface area contributed by atoms with Crippen LogP contribution in [0.3, 0.4) is 0 Å². The highest BCUT2D eigenvalue weighted by atomic mass is 32.2. The van der Waals surface area contributed by atoms with Gasteiger partial charge in [-0.2, -0.15) is 0 Å². The van der Waals surface area contributed by atoms with E-state index in [-0.39, 0.29) is 5.75 Å². The molecule has 0 amide bonds. The first-order valence-corrected chi connectivity index (χ1v) is 7.36. The number of nitrogens with zero attached hydrogens (tertiary/aromatic N) is 1. The normalized spacial score (nSPS) is 22.3. The predicted octanol–water partition coefficient (Wildman–Crippen LogP) is 0.410. The van der Waals surface area contributed by atoms with Gasteiger partial charge in [-0.25, -0.2) is 12.7 Å². The topological polar surface area (TPSA) is 49.4 Å². The molecule has 2 saturated carbocycles. The summed E-state index contributed by atoms with van der Waals surface area (Å²) in [6, 6.07) is 0.592. The average molecular weight is 232 g/mol. The molecule has 2 fully saturated rings. The Balaban J connectivity index is 1.70. The van der Waals surface area contributed by atoms with E-state index in [4.69, 9.17) is 0 Å². The van der Waals surface area contributed by atoms with Gasteiger partial charge in [0, 0.05) is 26.2 Å². The monoisotopic (exact) mass is 232 g/mol. The molecule has 1 N–H and O–H groups in total. The van der Waals surface area contributed by atoms with Gasteiger partial charge in [0.15, 0.2) is 0 Å². The Morgan fingerprint density at radius 1 is 1.27 bits per heavy atom. The van der Waals surface area contributed by atoms with Gasteiger partial charge in [-0.1, -0.05) is 0 Å². The minimum atomic E-state index is -3.01. The van der Waals surface area contributed by atoms with Gasteiger partial charge < -0.3 is 5.32 Å². The second-order valence-electron chi connectivity index (χ2n) is 4.77. The van der Waals surface area contributed by atoms with Crippen molar-refractivity contribution >= 4 is 10.0 Å². The van der Waals surface area contributed by atoms with Crippen molar-refractivity contribution < 1.29 is 8.42 Å². The van der Waals surface area contributed by atoms with E-state index >= 15 is 0 Å². The third-order valence-corrected chi connectivity index (χ3v) is 4.88. The number of hydrogen-bond acceptors (Lipinski definition) is 3. The third kappa shape index (κ3) is 3.74. The summed E-state index contributed by atoms with van der Waals surface area (Å²) in [7, 11) is -1.31. The van der Waals surface area contributed by atoms with E-state index in [0.29, 0.717) is 25.0 Å². The summed E-state index contributed by atoms with van der Waals surface area (Å²) >= 11 is 0. The summed E-state index contributed by atoms with van der Waals surface area (Å²) in [6.07, 6.45) is 4.80. The molecule has 2 aliphatic carbocycles. The van der Waals surface area contributed by atoms with E-state index < -0.39 is 10.0 Å². The van der Waals surface area contributed by atoms with Gasteiger partial charge in [-0.15, -0.1) is 0 Å². The molecule has 4 nitrogen and oxygen atoms in total. The molecule has 0 saturated heterocycles. The lowest BCUT2D eigenvalue weighted by Crippen LogP contribution is -2.35. The maximum atomic E-state index is 11.8. The molecule has 0 aliphatic heterocycles. The number of rotatable bonds is 7. The fraction of sp³-hybridized carbons (Fsp3) is 1.00. The third-order valence-electron chi connectivity index (χ3n) is 3.06. The molecule has 5 heteroatoms. The Morgan fingerprint density at radius 2 is 1.93 bits per heavy atom. The summed E-state index contributed by atoms with van der Waals surface area (Å²) in [5.41, 5.74) is 0. The summed E-state index contributed by atoms with van der Waals surface area (Å²) in [6.45, 7) is 1.31. The smallest absolute Gasteiger partial charge is 0.215 e. The minimum absolute atomic E-state index is 0.243. The largest absolute Gasteiger partial charge is 0.313 e. The van der Waals surface area contributed by atoms with Crippen molar-refractivity contribution in [3.05, 3.63) is 0 Å². The van der Waals surface area contributed by atoms with Crippen LogP contribution in [-0.4, -0.2) is 44.7 Å². The minimum Gasteiger partial charge on any atom is -0.313 e. The predicted molar refractivity (Wildman–Crippen MR) is 60.2 cm³/mol. The molecule has 2 aliphatic rings. The van der Waals surface area contributed by atoms with Crippen molar-refractivity contribution in [3.63, 3.8) is 0 Å². The molecule has 0 radical (unpaired) electrons. The van der Waals surface area contributed by atoms with Crippen molar-refractivity contribution in [3.8, 4) is 0 Å². The first-order chi connectivity index (χ1) is 7.08. The Bertz CT molecular complexity index is 307. The van der Waals surface area contributed by atoms with Gasteiger partial charge in [0.05, 0.1) is 5.75 Å². The van der Waals surface area contributed by atoms with Crippen LogP contribution in [0, 0.1) is 5.92 Å². The number of sulfonamides is 1. The van der Waals surface area contributed by atoms with Crippen LogP contribution in [0.5, 0.6) is 0 Å². The lowest BCUT2D eigenvalue weighted by Gasteiger charge is -2.16. The maximum Gasteiger partial charge on any atom is 0.215 e. The lowest BCUT2D eigenvalue weighted by molar-refractivity contribution is 0.451. The Morgan fingerprint density at radius 3 is 2.47 bits per heavy atom. The Labute approximate surface area is 92.1 Å². The SMILES string of the molecule is CN(CC1CC1)S(=O)(=O)CCNC1CC1. The first-order valence-electron chi connectivity index (χ1n) is 5.75. The molecule has 88 valence electrons. The molecule has 15 heavy (non-hydrogen) atoms. The quantitative estimate of drug-likeness (QED) is 0.691. The number of nitrogens with one attached hydrogen (secondary N) is 1. The van der Waals surface area contributed by atoms with Crippen LogP contribution in [0.25, 0.3) is 0 Å². The van der Waals surface area contributed by atoms with Crippen LogP contribution in [0.2, 0.25) is 0 Å². The fourth-order valence-electron chi connectivity index (χ4n) is 1.61. The highest BCUT2D eigenvalue weighted by Crippen LogP contribution is 2.30. The molecule has 2 rings (SSSR count). The van der Waals surface area contributed by atoms with Crippen molar-refractivity contribution in [2.75, 3.05) is 25.9 Å². The molecule has 0 aromatic carbocycles. The van der Waals surface area contributed by atoms with E-state index in [0.717, 1.165) is 0 Å². The van der Waals surface area contributed by atoms with Crippen LogP contribution in [-0.2, 0) is 10.0 Å². The molecule has 0 unspecified atom stereocenters. The van der Waals surface area contributed by atoms with Gasteiger partial charge >= 0.3 is 0 Å². The van der Waals surface area contributed by atoms with Crippen LogP contribution < -0.4 is 5.32 Å². The van der Waals surface area contributed by atoms with Crippen LogP contribution >= 0.6 is 0 Å². The van der Waals surface area contributed by atoms with Crippen LogP contribution in [0.4, 0.5) is 0 Å². The van der Waals surface area contributed by atoms with Crippen molar-refractivity contribution in [2.45, 2.75) is 31.7 Å². The zero-order chi connectivity index (χ0) is 10.9. The van der Waals surface area contributed by atoms with E-state index in [1.807, 2.05) is 0 Å². The molecule has 0 bridgehead atoms. The molecule has 0 aromatic rings. The summed E-state index contributed by atoms with van der Waals surface area (Å²) in [4.78, 5) is 0. The highest BCUT2D eigenvalue weighted by Gasteiger charge is 2.28. The van der Waals surface area contributed by atoms with E-state index in [9.17, 15) is 8.42 Å².